The van der Waals surface area contributed by atoms with Crippen molar-refractivity contribution in [1.82, 2.24) is 0 Å². The number of aliphatic hydroxyl groups excluding tert-OH is 11. The van der Waals surface area contributed by atoms with Gasteiger partial charge in [0.2, 0.25) is 0 Å². The number of rotatable bonds is 48. The van der Waals surface area contributed by atoms with Gasteiger partial charge in [-0.1, -0.05) is 206 Å². The minimum atomic E-state index is -5.63. The molecule has 0 amide bonds. The van der Waals surface area contributed by atoms with Gasteiger partial charge in [0.1, 0.15) is 92.1 Å². The van der Waals surface area contributed by atoms with Gasteiger partial charge in [-0.3, -0.25) is 18.6 Å². The summed E-state index contributed by atoms with van der Waals surface area (Å²) >= 11 is 0. The maximum atomic E-state index is 14.1. The third-order valence-electron chi connectivity index (χ3n) is 16.2. The number of hydrogen-bond acceptors (Lipinski definition) is 22. The molecule has 2 saturated heterocycles. The normalized spacial score (nSPS) is 30.5. The second-order valence-electron chi connectivity index (χ2n) is 23.3. The van der Waals surface area contributed by atoms with Crippen molar-refractivity contribution in [3.63, 3.8) is 0 Å². The Morgan fingerprint density at radius 2 is 0.723 bits per heavy atom. The van der Waals surface area contributed by atoms with Gasteiger partial charge in [-0.05, 0) is 12.8 Å². The Bertz CT molecular complexity index is 1650. The van der Waals surface area contributed by atoms with Gasteiger partial charge in [-0.15, -0.1) is 0 Å². The molecule has 1 aliphatic carbocycles. The van der Waals surface area contributed by atoms with Gasteiger partial charge in [0, 0.05) is 12.8 Å². The first-order valence-electron chi connectivity index (χ1n) is 31.9. The molecule has 0 bridgehead atoms. The molecule has 1 saturated carbocycles. The molecule has 0 aromatic carbocycles. The number of phosphoric acid groups is 1. The molecule has 83 heavy (non-hydrogen) atoms. The summed E-state index contributed by atoms with van der Waals surface area (Å²) < 4.78 is 58.3. The van der Waals surface area contributed by atoms with Crippen LogP contribution in [-0.2, 0) is 51.6 Å². The summed E-state index contributed by atoms with van der Waals surface area (Å²) in [6.07, 6.45) is 2.05. The fourth-order valence-corrected chi connectivity index (χ4v) is 11.9. The van der Waals surface area contributed by atoms with E-state index in [9.17, 15) is 75.2 Å². The average molecular weight is 1220 g/mol. The first-order chi connectivity index (χ1) is 39.9. The highest BCUT2D eigenvalue weighted by atomic mass is 31.2. The molecule has 3 rings (SSSR count). The highest BCUT2D eigenvalue weighted by molar-refractivity contribution is 7.47. The molecule has 0 aromatic heterocycles. The molecule has 3 aliphatic rings. The minimum absolute atomic E-state index is 0.0244. The lowest BCUT2D eigenvalue weighted by Crippen LogP contribution is -2.69. The van der Waals surface area contributed by atoms with Crippen molar-refractivity contribution < 1.29 is 113 Å². The molecule has 0 spiro atoms. The molecule has 0 radical (unpaired) electrons. The lowest BCUT2D eigenvalue weighted by molar-refractivity contribution is -0.360. The van der Waals surface area contributed by atoms with Crippen molar-refractivity contribution >= 4 is 19.8 Å². The first kappa shape index (κ1) is 75.7. The van der Waals surface area contributed by atoms with Gasteiger partial charge in [-0.25, -0.2) is 4.57 Å². The van der Waals surface area contributed by atoms with Crippen molar-refractivity contribution in [3.8, 4) is 0 Å². The molecule has 3 fully saturated rings. The number of carbonyl (C=O) groups excluding carboxylic acids is 2. The molecular formula is C59H111O23P. The SMILES string of the molecule is CCCCCCCCCCCCCCCCCCCC(=O)OCC(COP(=O)(O)OC1C(OC2OC(CO)C(O)C(O)C2O)C(O)C(O)C(O)C1OC1OC(CO)C(O)C(O)C1O)OC(=O)CCCCCCCCCCCCCCCCC. The van der Waals surface area contributed by atoms with E-state index in [1.807, 2.05) is 0 Å². The van der Waals surface area contributed by atoms with Crippen LogP contribution in [0.3, 0.4) is 0 Å². The van der Waals surface area contributed by atoms with E-state index in [-0.39, 0.29) is 12.8 Å². The van der Waals surface area contributed by atoms with E-state index in [0.717, 1.165) is 57.8 Å². The van der Waals surface area contributed by atoms with E-state index in [0.29, 0.717) is 12.8 Å². The van der Waals surface area contributed by atoms with Crippen LogP contribution in [0.4, 0.5) is 0 Å². The predicted octanol–water partition coefficient (Wildman–Crippen LogP) is 5.71. The monoisotopic (exact) mass is 1220 g/mol. The smallest absolute Gasteiger partial charge is 0.462 e. The van der Waals surface area contributed by atoms with Crippen LogP contribution in [0.5, 0.6) is 0 Å². The van der Waals surface area contributed by atoms with E-state index in [2.05, 4.69) is 13.8 Å². The summed E-state index contributed by atoms with van der Waals surface area (Å²) in [7, 11) is -5.63. The van der Waals surface area contributed by atoms with E-state index < -0.39 is 150 Å². The maximum Gasteiger partial charge on any atom is 0.472 e. The fourth-order valence-electron chi connectivity index (χ4n) is 10.9. The van der Waals surface area contributed by atoms with E-state index in [1.165, 1.54) is 135 Å². The molecule has 23 nitrogen and oxygen atoms in total. The van der Waals surface area contributed by atoms with Crippen molar-refractivity contribution in [2.45, 2.75) is 336 Å². The topological polar surface area (TPSA) is 368 Å². The first-order valence-corrected chi connectivity index (χ1v) is 33.4. The number of ether oxygens (including phenoxy) is 6. The van der Waals surface area contributed by atoms with Crippen LogP contribution in [0.2, 0.25) is 0 Å². The van der Waals surface area contributed by atoms with Crippen LogP contribution in [0, 0.1) is 0 Å². The number of esters is 2. The Hall–Kier alpha value is -1.55. The molecule has 2 aliphatic heterocycles. The van der Waals surface area contributed by atoms with Crippen molar-refractivity contribution in [1.29, 1.82) is 0 Å². The number of carbonyl (C=O) groups is 2. The summed E-state index contributed by atoms with van der Waals surface area (Å²) in [6, 6.07) is 0. The van der Waals surface area contributed by atoms with Gasteiger partial charge >= 0.3 is 19.8 Å². The predicted molar refractivity (Wildman–Crippen MR) is 305 cm³/mol. The molecule has 24 heteroatoms. The van der Waals surface area contributed by atoms with Gasteiger partial charge in [-0.2, -0.15) is 0 Å². The summed E-state index contributed by atoms with van der Waals surface area (Å²) in [5, 5.41) is 117. The molecule has 2 heterocycles. The van der Waals surface area contributed by atoms with Gasteiger partial charge in [0.25, 0.3) is 0 Å². The Morgan fingerprint density at radius 3 is 1.06 bits per heavy atom. The van der Waals surface area contributed by atoms with Crippen LogP contribution in [-0.4, -0.2) is 204 Å². The maximum absolute atomic E-state index is 14.1. The Morgan fingerprint density at radius 1 is 0.410 bits per heavy atom. The van der Waals surface area contributed by atoms with Crippen molar-refractivity contribution in [2.24, 2.45) is 0 Å². The highest BCUT2D eigenvalue weighted by Gasteiger charge is 2.58. The van der Waals surface area contributed by atoms with Crippen LogP contribution in [0.25, 0.3) is 0 Å². The Labute approximate surface area is 493 Å². The largest absolute Gasteiger partial charge is 0.472 e. The van der Waals surface area contributed by atoms with Crippen molar-refractivity contribution in [2.75, 3.05) is 26.4 Å². The lowest BCUT2D eigenvalue weighted by Gasteiger charge is -2.49. The molecule has 0 aromatic rings. The molecule has 16 unspecified atom stereocenters. The Balaban J connectivity index is 1.65. The van der Waals surface area contributed by atoms with Crippen LogP contribution < -0.4 is 0 Å². The van der Waals surface area contributed by atoms with Crippen molar-refractivity contribution in [3.05, 3.63) is 0 Å². The number of unbranched alkanes of at least 4 members (excludes halogenated alkanes) is 30. The van der Waals surface area contributed by atoms with Gasteiger partial charge in [0.15, 0.2) is 18.7 Å². The van der Waals surface area contributed by atoms with Crippen LogP contribution in [0.15, 0.2) is 0 Å². The summed E-state index contributed by atoms with van der Waals surface area (Å²) in [4.78, 5) is 37.6. The molecule has 12 N–H and O–H groups in total. The van der Waals surface area contributed by atoms with Crippen LogP contribution in [0.1, 0.15) is 232 Å². The zero-order valence-corrected chi connectivity index (χ0v) is 50.9. The second-order valence-corrected chi connectivity index (χ2v) is 24.7. The van der Waals surface area contributed by atoms with E-state index in [4.69, 9.17) is 37.5 Å². The van der Waals surface area contributed by atoms with Crippen LogP contribution >= 0.6 is 7.82 Å². The standard InChI is InChI=1S/C59H111O23P/c1-3-5-7-9-11-13-15-17-19-20-22-23-25-27-29-31-33-35-44(62)75-39-41(77-45(63)36-34-32-30-28-26-24-21-18-16-14-12-10-8-6-4-2)40-76-83(73,74)82-57-55(80-58-53(71)48(66)46(64)42(37-60)78-58)51(69)50(68)52(70)56(57)81-59-54(72)49(67)47(65)43(38-61)79-59/h41-43,46-61,64-72H,3-40H2,1-2H3,(H,73,74). The van der Waals surface area contributed by atoms with Gasteiger partial charge in [0.05, 0.1) is 19.8 Å². The zero-order valence-electron chi connectivity index (χ0n) is 50.0. The quantitative estimate of drug-likeness (QED) is 0.0197. The third-order valence-corrected chi connectivity index (χ3v) is 17.2. The lowest BCUT2D eigenvalue weighted by atomic mass is 9.84. The average Bonchev–Trinajstić information content (AvgIpc) is 3.57. The van der Waals surface area contributed by atoms with Gasteiger partial charge < -0.3 is 89.5 Å². The number of hydrogen-bond donors (Lipinski definition) is 12. The Kier molecular flexibility index (Phi) is 40.1. The fraction of sp³-hybridized carbons (Fsp3) is 0.966. The molecule has 16 atom stereocenters. The molecular weight excluding hydrogens is 1110 g/mol. The number of aliphatic hydroxyl groups is 11. The molecule has 490 valence electrons. The summed E-state index contributed by atoms with van der Waals surface area (Å²) in [5.74, 6) is -1.32. The summed E-state index contributed by atoms with van der Waals surface area (Å²) in [5.41, 5.74) is 0. The number of phosphoric ester groups is 1. The third kappa shape index (κ3) is 29.1. The minimum Gasteiger partial charge on any atom is -0.462 e. The highest BCUT2D eigenvalue weighted by Crippen LogP contribution is 2.49. The summed E-state index contributed by atoms with van der Waals surface area (Å²) in [6.45, 7) is 1.06. The second kappa shape index (κ2) is 44.0. The van der Waals surface area contributed by atoms with E-state index in [1.54, 1.807) is 0 Å². The van der Waals surface area contributed by atoms with E-state index >= 15 is 0 Å². The zero-order chi connectivity index (χ0) is 61.0.